The lowest BCUT2D eigenvalue weighted by molar-refractivity contribution is -0.126. The van der Waals surface area contributed by atoms with Crippen molar-refractivity contribution < 1.29 is 4.79 Å². The van der Waals surface area contributed by atoms with Gasteiger partial charge >= 0.3 is 0 Å². The summed E-state index contributed by atoms with van der Waals surface area (Å²) in [7, 11) is 0. The molecule has 1 fully saturated rings. The molecule has 3 heteroatoms. The number of terminal acetylenes is 1. The molecular formula is C22H24N2O. The summed E-state index contributed by atoms with van der Waals surface area (Å²) in [6, 6.07) is 20.2. The fourth-order valence-electron chi connectivity index (χ4n) is 3.39. The molecule has 1 saturated heterocycles. The van der Waals surface area contributed by atoms with E-state index in [-0.39, 0.29) is 17.9 Å². The van der Waals surface area contributed by atoms with E-state index in [4.69, 9.17) is 6.42 Å². The van der Waals surface area contributed by atoms with Crippen molar-refractivity contribution in [2.45, 2.75) is 18.9 Å². The Bertz CT molecular complexity index is 673. The van der Waals surface area contributed by atoms with Gasteiger partial charge in [0.1, 0.15) is 0 Å². The molecule has 0 spiro atoms. The first kappa shape index (κ1) is 17.3. The van der Waals surface area contributed by atoms with Crippen LogP contribution in [0.2, 0.25) is 0 Å². The Morgan fingerprint density at radius 3 is 2.04 bits per heavy atom. The number of amides is 1. The van der Waals surface area contributed by atoms with Crippen LogP contribution in [0.3, 0.4) is 0 Å². The van der Waals surface area contributed by atoms with Crippen LogP contribution < -0.4 is 5.32 Å². The second-order valence-electron chi connectivity index (χ2n) is 6.52. The minimum Gasteiger partial charge on any atom is -0.345 e. The van der Waals surface area contributed by atoms with Crippen LogP contribution in [-0.2, 0) is 4.79 Å². The van der Waals surface area contributed by atoms with Crippen molar-refractivity contribution in [2.24, 2.45) is 5.92 Å². The molecule has 3 nitrogen and oxygen atoms in total. The van der Waals surface area contributed by atoms with E-state index in [0.29, 0.717) is 6.54 Å². The van der Waals surface area contributed by atoms with Crippen LogP contribution in [0.15, 0.2) is 60.7 Å². The normalized spacial score (nSPS) is 15.7. The van der Waals surface area contributed by atoms with Crippen LogP contribution >= 0.6 is 0 Å². The van der Waals surface area contributed by atoms with E-state index in [1.54, 1.807) is 0 Å². The first-order valence-corrected chi connectivity index (χ1v) is 8.84. The molecule has 0 atom stereocenters. The predicted octanol–water partition coefficient (Wildman–Crippen LogP) is 3.24. The highest BCUT2D eigenvalue weighted by Crippen LogP contribution is 2.24. The SMILES string of the molecule is C#CCN1CCC(C(=O)NC(c2ccccc2)c2ccccc2)CC1. The zero-order valence-corrected chi connectivity index (χ0v) is 14.4. The molecule has 1 N–H and O–H groups in total. The van der Waals surface area contributed by atoms with Gasteiger partial charge in [-0.2, -0.15) is 0 Å². The number of nitrogens with zero attached hydrogens (tertiary/aromatic N) is 1. The van der Waals surface area contributed by atoms with E-state index < -0.39 is 0 Å². The van der Waals surface area contributed by atoms with Gasteiger partial charge in [-0.1, -0.05) is 66.6 Å². The largest absolute Gasteiger partial charge is 0.345 e. The van der Waals surface area contributed by atoms with E-state index >= 15 is 0 Å². The Kier molecular flexibility index (Phi) is 5.87. The zero-order chi connectivity index (χ0) is 17.5. The molecule has 2 aromatic rings. The number of piperidine rings is 1. The van der Waals surface area contributed by atoms with Crippen molar-refractivity contribution >= 4 is 5.91 Å². The van der Waals surface area contributed by atoms with Crippen molar-refractivity contribution in [3.8, 4) is 12.3 Å². The third-order valence-corrected chi connectivity index (χ3v) is 4.83. The number of nitrogens with one attached hydrogen (secondary N) is 1. The number of hydrogen-bond acceptors (Lipinski definition) is 2. The smallest absolute Gasteiger partial charge is 0.223 e. The molecule has 0 radical (unpaired) electrons. The van der Waals surface area contributed by atoms with Gasteiger partial charge in [-0.25, -0.2) is 0 Å². The topological polar surface area (TPSA) is 32.3 Å². The van der Waals surface area contributed by atoms with Crippen molar-refractivity contribution in [1.82, 2.24) is 10.2 Å². The summed E-state index contributed by atoms with van der Waals surface area (Å²) < 4.78 is 0. The van der Waals surface area contributed by atoms with E-state index in [1.807, 2.05) is 36.4 Å². The van der Waals surface area contributed by atoms with Gasteiger partial charge in [0.15, 0.2) is 0 Å². The molecule has 1 amide bonds. The van der Waals surface area contributed by atoms with E-state index in [1.165, 1.54) is 0 Å². The van der Waals surface area contributed by atoms with Gasteiger partial charge in [0, 0.05) is 5.92 Å². The predicted molar refractivity (Wildman–Crippen MR) is 101 cm³/mol. The molecular weight excluding hydrogens is 308 g/mol. The van der Waals surface area contributed by atoms with Crippen molar-refractivity contribution in [3.63, 3.8) is 0 Å². The number of likely N-dealkylation sites (tertiary alicyclic amines) is 1. The molecule has 0 bridgehead atoms. The monoisotopic (exact) mass is 332 g/mol. The summed E-state index contributed by atoms with van der Waals surface area (Å²) in [5, 5.41) is 3.27. The molecule has 0 saturated carbocycles. The van der Waals surface area contributed by atoms with Crippen molar-refractivity contribution in [1.29, 1.82) is 0 Å². The van der Waals surface area contributed by atoms with Gasteiger partial charge in [0.25, 0.3) is 0 Å². The Labute approximate surface area is 150 Å². The van der Waals surface area contributed by atoms with Crippen LogP contribution in [0.1, 0.15) is 30.0 Å². The van der Waals surface area contributed by atoms with E-state index in [0.717, 1.165) is 37.1 Å². The third-order valence-electron chi connectivity index (χ3n) is 4.83. The Balaban J connectivity index is 1.71. The number of hydrogen-bond donors (Lipinski definition) is 1. The highest BCUT2D eigenvalue weighted by Gasteiger charge is 2.27. The molecule has 0 unspecified atom stereocenters. The van der Waals surface area contributed by atoms with Gasteiger partial charge in [-0.05, 0) is 37.1 Å². The maximum atomic E-state index is 12.8. The highest BCUT2D eigenvalue weighted by atomic mass is 16.1. The van der Waals surface area contributed by atoms with Crippen LogP contribution in [0.4, 0.5) is 0 Å². The van der Waals surface area contributed by atoms with Crippen LogP contribution in [-0.4, -0.2) is 30.4 Å². The molecule has 1 aliphatic rings. The second-order valence-corrected chi connectivity index (χ2v) is 6.52. The number of carbonyl (C=O) groups excluding carboxylic acids is 1. The van der Waals surface area contributed by atoms with Gasteiger partial charge in [0.05, 0.1) is 12.6 Å². The van der Waals surface area contributed by atoms with Gasteiger partial charge < -0.3 is 5.32 Å². The summed E-state index contributed by atoms with van der Waals surface area (Å²) in [5.74, 6) is 2.88. The Hall–Kier alpha value is -2.57. The summed E-state index contributed by atoms with van der Waals surface area (Å²) >= 11 is 0. The quantitative estimate of drug-likeness (QED) is 0.853. The minimum atomic E-state index is -0.112. The maximum Gasteiger partial charge on any atom is 0.223 e. The molecule has 0 aromatic heterocycles. The van der Waals surface area contributed by atoms with Gasteiger partial charge in [-0.15, -0.1) is 6.42 Å². The molecule has 25 heavy (non-hydrogen) atoms. The first-order chi connectivity index (χ1) is 12.3. The van der Waals surface area contributed by atoms with Gasteiger partial charge in [0.2, 0.25) is 5.91 Å². The average molecular weight is 332 g/mol. The number of benzene rings is 2. The molecule has 0 aliphatic carbocycles. The molecule has 1 aliphatic heterocycles. The van der Waals surface area contributed by atoms with Crippen molar-refractivity contribution in [2.75, 3.05) is 19.6 Å². The summed E-state index contributed by atoms with van der Waals surface area (Å²) in [4.78, 5) is 15.1. The second kappa shape index (κ2) is 8.50. The molecule has 1 heterocycles. The lowest BCUT2D eigenvalue weighted by atomic mass is 9.93. The van der Waals surface area contributed by atoms with Crippen LogP contribution in [0.5, 0.6) is 0 Å². The fraction of sp³-hybridized carbons (Fsp3) is 0.318. The summed E-state index contributed by atoms with van der Waals surface area (Å²) in [6.45, 7) is 2.46. The van der Waals surface area contributed by atoms with E-state index in [2.05, 4.69) is 40.4 Å². The summed E-state index contributed by atoms with van der Waals surface area (Å²) in [6.07, 6.45) is 7.11. The average Bonchev–Trinajstić information content (AvgIpc) is 2.68. The molecule has 2 aromatic carbocycles. The van der Waals surface area contributed by atoms with Crippen LogP contribution in [0.25, 0.3) is 0 Å². The third kappa shape index (κ3) is 4.49. The van der Waals surface area contributed by atoms with E-state index in [9.17, 15) is 4.79 Å². The number of rotatable bonds is 5. The highest BCUT2D eigenvalue weighted by molar-refractivity contribution is 5.79. The Morgan fingerprint density at radius 2 is 1.56 bits per heavy atom. The molecule has 3 rings (SSSR count). The Morgan fingerprint density at radius 1 is 1.04 bits per heavy atom. The lowest BCUT2D eigenvalue weighted by Crippen LogP contribution is -2.41. The standard InChI is InChI=1S/C22H24N2O/c1-2-15-24-16-13-20(14-17-24)22(25)23-21(18-9-5-3-6-10-18)19-11-7-4-8-12-19/h1,3-12,20-21H,13-17H2,(H,23,25). The molecule has 128 valence electrons. The first-order valence-electron chi connectivity index (χ1n) is 8.84. The minimum absolute atomic E-state index is 0.0592. The van der Waals surface area contributed by atoms with Crippen LogP contribution in [0, 0.1) is 18.3 Å². The fourth-order valence-corrected chi connectivity index (χ4v) is 3.39. The number of carbonyl (C=O) groups is 1. The lowest BCUT2D eigenvalue weighted by Gasteiger charge is -2.31. The van der Waals surface area contributed by atoms with Gasteiger partial charge in [-0.3, -0.25) is 9.69 Å². The maximum absolute atomic E-state index is 12.8. The summed E-state index contributed by atoms with van der Waals surface area (Å²) in [5.41, 5.74) is 2.21. The van der Waals surface area contributed by atoms with Crippen molar-refractivity contribution in [3.05, 3.63) is 71.8 Å². The zero-order valence-electron chi connectivity index (χ0n) is 14.4.